The molecule has 0 saturated heterocycles. The molecule has 0 unspecified atom stereocenters. The topological polar surface area (TPSA) is 0 Å². The fraction of sp³-hybridized carbons (Fsp3) is 0.467. The SMILES string of the molecule is C#Cc1cccc(C2(C)CCCCC2)c1. The van der Waals surface area contributed by atoms with Gasteiger partial charge in [-0.2, -0.15) is 0 Å². The Kier molecular flexibility index (Phi) is 2.82. The highest BCUT2D eigenvalue weighted by molar-refractivity contribution is 5.38. The highest BCUT2D eigenvalue weighted by atomic mass is 14.3. The summed E-state index contributed by atoms with van der Waals surface area (Å²) in [6, 6.07) is 8.51. The van der Waals surface area contributed by atoms with Crippen molar-refractivity contribution in [3.05, 3.63) is 35.4 Å². The third kappa shape index (κ3) is 2.07. The summed E-state index contributed by atoms with van der Waals surface area (Å²) < 4.78 is 0. The van der Waals surface area contributed by atoms with E-state index in [0.717, 1.165) is 5.56 Å². The van der Waals surface area contributed by atoms with Crippen molar-refractivity contribution in [2.45, 2.75) is 44.4 Å². The second-order valence-corrected chi connectivity index (χ2v) is 4.85. The molecule has 0 bridgehead atoms. The highest BCUT2D eigenvalue weighted by Gasteiger charge is 2.28. The van der Waals surface area contributed by atoms with Crippen LogP contribution >= 0.6 is 0 Å². The van der Waals surface area contributed by atoms with Gasteiger partial charge >= 0.3 is 0 Å². The molecule has 0 amide bonds. The average Bonchev–Trinajstić information content (AvgIpc) is 2.30. The molecular formula is C15H18. The molecule has 1 aromatic rings. The van der Waals surface area contributed by atoms with E-state index in [2.05, 4.69) is 31.0 Å². The second kappa shape index (κ2) is 4.11. The number of benzene rings is 1. The molecule has 78 valence electrons. The summed E-state index contributed by atoms with van der Waals surface area (Å²) >= 11 is 0. The minimum Gasteiger partial charge on any atom is -0.115 e. The predicted octanol–water partition coefficient (Wildman–Crippen LogP) is 3.89. The van der Waals surface area contributed by atoms with E-state index >= 15 is 0 Å². The van der Waals surface area contributed by atoms with Crippen molar-refractivity contribution in [2.24, 2.45) is 0 Å². The van der Waals surface area contributed by atoms with E-state index < -0.39 is 0 Å². The first-order valence-electron chi connectivity index (χ1n) is 5.82. The molecule has 2 rings (SSSR count). The smallest absolute Gasteiger partial charge is 0.0245 e. The summed E-state index contributed by atoms with van der Waals surface area (Å²) in [5.74, 6) is 2.72. The molecule has 1 aromatic carbocycles. The Hall–Kier alpha value is -1.22. The van der Waals surface area contributed by atoms with Crippen LogP contribution in [0.25, 0.3) is 0 Å². The summed E-state index contributed by atoms with van der Waals surface area (Å²) in [6.07, 6.45) is 12.2. The lowest BCUT2D eigenvalue weighted by molar-refractivity contribution is 0.319. The van der Waals surface area contributed by atoms with Gasteiger partial charge in [-0.1, -0.05) is 44.2 Å². The fourth-order valence-electron chi connectivity index (χ4n) is 2.61. The van der Waals surface area contributed by atoms with Crippen molar-refractivity contribution in [3.63, 3.8) is 0 Å². The molecule has 0 N–H and O–H groups in total. The average molecular weight is 198 g/mol. The Morgan fingerprint density at radius 1 is 1.20 bits per heavy atom. The van der Waals surface area contributed by atoms with Crippen LogP contribution in [0.1, 0.15) is 50.2 Å². The van der Waals surface area contributed by atoms with Crippen LogP contribution in [0.5, 0.6) is 0 Å². The summed E-state index contributed by atoms with van der Waals surface area (Å²) in [5, 5.41) is 0. The summed E-state index contributed by atoms with van der Waals surface area (Å²) in [4.78, 5) is 0. The van der Waals surface area contributed by atoms with Gasteiger partial charge in [0.1, 0.15) is 0 Å². The van der Waals surface area contributed by atoms with E-state index in [1.165, 1.54) is 37.7 Å². The lowest BCUT2D eigenvalue weighted by atomic mass is 9.71. The normalized spacial score (nSPS) is 19.5. The van der Waals surface area contributed by atoms with Gasteiger partial charge in [0, 0.05) is 5.56 Å². The number of terminal acetylenes is 1. The molecule has 0 atom stereocenters. The van der Waals surface area contributed by atoms with Gasteiger partial charge in [-0.15, -0.1) is 6.42 Å². The molecule has 0 heteroatoms. The quantitative estimate of drug-likeness (QED) is 0.600. The minimum atomic E-state index is 0.366. The molecule has 0 radical (unpaired) electrons. The highest BCUT2D eigenvalue weighted by Crippen LogP contribution is 2.38. The Morgan fingerprint density at radius 3 is 2.60 bits per heavy atom. The van der Waals surface area contributed by atoms with Gasteiger partial charge in [-0.05, 0) is 36.0 Å². The fourth-order valence-corrected chi connectivity index (χ4v) is 2.61. The first-order valence-corrected chi connectivity index (χ1v) is 5.82. The molecule has 1 aliphatic rings. The van der Waals surface area contributed by atoms with Crippen LogP contribution in [-0.4, -0.2) is 0 Å². The molecule has 0 spiro atoms. The minimum absolute atomic E-state index is 0.366. The van der Waals surface area contributed by atoms with E-state index in [-0.39, 0.29) is 0 Å². The maximum atomic E-state index is 5.44. The van der Waals surface area contributed by atoms with Crippen molar-refractivity contribution < 1.29 is 0 Å². The van der Waals surface area contributed by atoms with Crippen LogP contribution < -0.4 is 0 Å². The van der Waals surface area contributed by atoms with Crippen LogP contribution in [0, 0.1) is 12.3 Å². The second-order valence-electron chi connectivity index (χ2n) is 4.85. The van der Waals surface area contributed by atoms with Gasteiger partial charge in [0.2, 0.25) is 0 Å². The number of hydrogen-bond acceptors (Lipinski definition) is 0. The Balaban J connectivity index is 2.31. The monoisotopic (exact) mass is 198 g/mol. The van der Waals surface area contributed by atoms with E-state index in [1.807, 2.05) is 6.07 Å². The van der Waals surface area contributed by atoms with Crippen LogP contribution in [0.15, 0.2) is 24.3 Å². The maximum absolute atomic E-state index is 5.44. The largest absolute Gasteiger partial charge is 0.115 e. The lowest BCUT2D eigenvalue weighted by Gasteiger charge is -2.34. The molecule has 0 aliphatic heterocycles. The predicted molar refractivity (Wildman–Crippen MR) is 64.8 cm³/mol. The van der Waals surface area contributed by atoms with Crippen molar-refractivity contribution in [3.8, 4) is 12.3 Å². The van der Waals surface area contributed by atoms with Crippen LogP contribution in [0.2, 0.25) is 0 Å². The van der Waals surface area contributed by atoms with Crippen molar-refractivity contribution >= 4 is 0 Å². The maximum Gasteiger partial charge on any atom is 0.0245 e. The molecule has 0 heterocycles. The summed E-state index contributed by atoms with van der Waals surface area (Å²) in [5.41, 5.74) is 2.81. The summed E-state index contributed by atoms with van der Waals surface area (Å²) in [6.45, 7) is 2.38. The van der Waals surface area contributed by atoms with E-state index in [4.69, 9.17) is 6.42 Å². The molecular weight excluding hydrogens is 180 g/mol. The van der Waals surface area contributed by atoms with Crippen molar-refractivity contribution in [1.29, 1.82) is 0 Å². The van der Waals surface area contributed by atoms with E-state index in [0.29, 0.717) is 5.41 Å². The van der Waals surface area contributed by atoms with Crippen LogP contribution in [-0.2, 0) is 5.41 Å². The van der Waals surface area contributed by atoms with Crippen LogP contribution in [0.3, 0.4) is 0 Å². The van der Waals surface area contributed by atoms with Gasteiger partial charge in [0.15, 0.2) is 0 Å². The van der Waals surface area contributed by atoms with E-state index in [1.54, 1.807) is 0 Å². The van der Waals surface area contributed by atoms with Gasteiger partial charge in [0.05, 0.1) is 0 Å². The Morgan fingerprint density at radius 2 is 1.93 bits per heavy atom. The molecule has 1 fully saturated rings. The van der Waals surface area contributed by atoms with Gasteiger partial charge in [-0.25, -0.2) is 0 Å². The van der Waals surface area contributed by atoms with E-state index in [9.17, 15) is 0 Å². The molecule has 1 saturated carbocycles. The van der Waals surface area contributed by atoms with Gasteiger partial charge in [-0.3, -0.25) is 0 Å². The summed E-state index contributed by atoms with van der Waals surface area (Å²) in [7, 11) is 0. The zero-order valence-corrected chi connectivity index (χ0v) is 9.42. The Bertz CT molecular complexity index is 375. The van der Waals surface area contributed by atoms with Gasteiger partial charge in [0.25, 0.3) is 0 Å². The van der Waals surface area contributed by atoms with Crippen LogP contribution in [0.4, 0.5) is 0 Å². The first-order chi connectivity index (χ1) is 7.24. The van der Waals surface area contributed by atoms with Crippen molar-refractivity contribution in [2.75, 3.05) is 0 Å². The zero-order valence-electron chi connectivity index (χ0n) is 9.42. The number of hydrogen-bond donors (Lipinski definition) is 0. The van der Waals surface area contributed by atoms with Crippen molar-refractivity contribution in [1.82, 2.24) is 0 Å². The number of rotatable bonds is 1. The first kappa shape index (κ1) is 10.3. The lowest BCUT2D eigenvalue weighted by Crippen LogP contribution is -2.24. The zero-order chi connectivity index (χ0) is 10.7. The standard InChI is InChI=1S/C15H18/c1-3-13-8-7-9-14(12-13)15(2)10-5-4-6-11-15/h1,7-9,12H,4-6,10-11H2,2H3. The third-order valence-electron chi connectivity index (χ3n) is 3.68. The van der Waals surface area contributed by atoms with Gasteiger partial charge < -0.3 is 0 Å². The molecule has 1 aliphatic carbocycles. The third-order valence-corrected chi connectivity index (χ3v) is 3.68. The molecule has 15 heavy (non-hydrogen) atoms. The molecule has 0 nitrogen and oxygen atoms in total. The molecule has 0 aromatic heterocycles. The Labute approximate surface area is 92.7 Å².